The normalized spacial score (nSPS) is 42.0. The van der Waals surface area contributed by atoms with E-state index in [1.54, 1.807) is 0 Å². The van der Waals surface area contributed by atoms with Crippen LogP contribution in [0.2, 0.25) is 0 Å². The number of hydrogen-bond donors (Lipinski definition) is 0. The van der Waals surface area contributed by atoms with Gasteiger partial charge in [0.15, 0.2) is 0 Å². The summed E-state index contributed by atoms with van der Waals surface area (Å²) in [5.41, 5.74) is 0. The zero-order valence-electron chi connectivity index (χ0n) is 7.30. The molecule has 58 valence electrons. The van der Waals surface area contributed by atoms with Crippen molar-refractivity contribution in [2.75, 3.05) is 20.1 Å². The van der Waals surface area contributed by atoms with Crippen LogP contribution >= 0.6 is 0 Å². The molecule has 2 atom stereocenters. The van der Waals surface area contributed by atoms with Gasteiger partial charge in [-0.15, -0.1) is 0 Å². The summed E-state index contributed by atoms with van der Waals surface area (Å²) in [5.74, 6) is 1.99. The van der Waals surface area contributed by atoms with Gasteiger partial charge in [-0.1, -0.05) is 13.8 Å². The number of quaternary nitrogens is 1. The first-order chi connectivity index (χ1) is 4.63. The van der Waals surface area contributed by atoms with Crippen molar-refractivity contribution in [3.05, 3.63) is 0 Å². The number of nitrogens with zero attached hydrogens (tertiary/aromatic N) is 1. The maximum absolute atomic E-state index is 2.41. The Balaban J connectivity index is 1.90. The van der Waals surface area contributed by atoms with Crippen molar-refractivity contribution >= 4 is 0 Å². The van der Waals surface area contributed by atoms with Gasteiger partial charge in [0.25, 0.3) is 0 Å². The molecule has 1 aliphatic carbocycles. The maximum Gasteiger partial charge on any atom is 0.129 e. The second kappa shape index (κ2) is 1.76. The van der Waals surface area contributed by atoms with Crippen LogP contribution in [0.5, 0.6) is 0 Å². The van der Waals surface area contributed by atoms with E-state index in [1.807, 2.05) is 0 Å². The molecule has 2 aliphatic rings. The van der Waals surface area contributed by atoms with E-state index in [9.17, 15) is 0 Å². The fourth-order valence-corrected chi connectivity index (χ4v) is 2.12. The summed E-state index contributed by atoms with van der Waals surface area (Å²) in [6.45, 7) is 7.63. The highest BCUT2D eigenvalue weighted by molar-refractivity contribution is 4.92. The van der Waals surface area contributed by atoms with Crippen LogP contribution in [0, 0.1) is 11.8 Å². The van der Waals surface area contributed by atoms with E-state index in [4.69, 9.17) is 0 Å². The van der Waals surface area contributed by atoms with Crippen LogP contribution in [0.25, 0.3) is 0 Å². The summed E-state index contributed by atoms with van der Waals surface area (Å²) >= 11 is 0. The molecule has 0 N–H and O–H groups in total. The van der Waals surface area contributed by atoms with E-state index in [-0.39, 0.29) is 0 Å². The summed E-state index contributed by atoms with van der Waals surface area (Å²) in [4.78, 5) is 0. The monoisotopic (exact) mass is 140 g/mol. The van der Waals surface area contributed by atoms with Crippen molar-refractivity contribution in [2.24, 2.45) is 11.8 Å². The molecule has 2 fully saturated rings. The van der Waals surface area contributed by atoms with Crippen molar-refractivity contribution < 1.29 is 4.48 Å². The first-order valence-corrected chi connectivity index (χ1v) is 4.48. The van der Waals surface area contributed by atoms with E-state index in [0.29, 0.717) is 0 Å². The lowest BCUT2D eigenvalue weighted by Gasteiger charge is -2.12. The highest BCUT2D eigenvalue weighted by Crippen LogP contribution is 2.48. The van der Waals surface area contributed by atoms with Crippen LogP contribution in [0.1, 0.15) is 20.3 Å². The zero-order chi connectivity index (χ0) is 7.35. The third kappa shape index (κ3) is 0.878. The average molecular weight is 140 g/mol. The Morgan fingerprint density at radius 2 is 1.90 bits per heavy atom. The quantitative estimate of drug-likeness (QED) is 0.403. The smallest absolute Gasteiger partial charge is 0.129 e. The minimum absolute atomic E-state index is 0.931. The summed E-state index contributed by atoms with van der Waals surface area (Å²) < 4.78 is 1.41. The molecule has 1 heteroatoms. The molecule has 1 aliphatic heterocycles. The van der Waals surface area contributed by atoms with Gasteiger partial charge in [-0.25, -0.2) is 0 Å². The highest BCUT2D eigenvalue weighted by atomic mass is 15.5. The Labute approximate surface area is 63.6 Å². The molecular formula is C9H18N+. The summed E-state index contributed by atoms with van der Waals surface area (Å²) in [6.07, 6.45) is 1.51. The Kier molecular flexibility index (Phi) is 1.17. The lowest BCUT2D eigenvalue weighted by Crippen LogP contribution is -2.24. The third-order valence-electron chi connectivity index (χ3n) is 3.39. The topological polar surface area (TPSA) is 0 Å². The third-order valence-corrected chi connectivity index (χ3v) is 3.39. The van der Waals surface area contributed by atoms with Gasteiger partial charge in [0, 0.05) is 12.3 Å². The maximum atomic E-state index is 2.41. The average Bonchev–Trinajstić information content (AvgIpc) is 2.54. The molecule has 1 nitrogen and oxygen atoms in total. The van der Waals surface area contributed by atoms with Crippen molar-refractivity contribution in [3.8, 4) is 0 Å². The van der Waals surface area contributed by atoms with E-state index < -0.39 is 0 Å². The van der Waals surface area contributed by atoms with Crippen LogP contribution < -0.4 is 0 Å². The van der Waals surface area contributed by atoms with Crippen LogP contribution in [0.3, 0.4) is 0 Å². The molecule has 0 amide bonds. The van der Waals surface area contributed by atoms with Gasteiger partial charge >= 0.3 is 0 Å². The van der Waals surface area contributed by atoms with Gasteiger partial charge in [-0.3, -0.25) is 0 Å². The summed E-state index contributed by atoms with van der Waals surface area (Å²) in [7, 11) is 2.41. The Morgan fingerprint density at radius 3 is 2.20 bits per heavy atom. The molecule has 0 aromatic rings. The molecule has 0 aromatic carbocycles. The van der Waals surface area contributed by atoms with Gasteiger partial charge in [0.05, 0.1) is 13.1 Å². The summed E-state index contributed by atoms with van der Waals surface area (Å²) in [6, 6.07) is 1.06. The molecular weight excluding hydrogens is 122 g/mol. The van der Waals surface area contributed by atoms with Crippen LogP contribution in [0.15, 0.2) is 0 Å². The van der Waals surface area contributed by atoms with Crippen molar-refractivity contribution in [2.45, 2.75) is 26.3 Å². The number of hydrogen-bond acceptors (Lipinski definition) is 0. The highest BCUT2D eigenvalue weighted by Gasteiger charge is 2.58. The SMILES string of the molecule is CC(C)C1CC1[N+]1(C)CC1. The van der Waals surface area contributed by atoms with Crippen molar-refractivity contribution in [1.29, 1.82) is 0 Å². The number of rotatable bonds is 2. The van der Waals surface area contributed by atoms with E-state index in [0.717, 1.165) is 17.9 Å². The molecule has 0 spiro atoms. The minimum atomic E-state index is 0.931. The number of likely N-dealkylation sites (N-methyl/N-ethyl adjacent to an activating group) is 1. The van der Waals surface area contributed by atoms with E-state index >= 15 is 0 Å². The van der Waals surface area contributed by atoms with Crippen LogP contribution in [-0.2, 0) is 0 Å². The molecule has 1 saturated carbocycles. The van der Waals surface area contributed by atoms with Gasteiger partial charge in [0.2, 0.25) is 0 Å². The molecule has 0 aromatic heterocycles. The lowest BCUT2D eigenvalue weighted by atomic mass is 10.1. The first kappa shape index (κ1) is 6.66. The fourth-order valence-electron chi connectivity index (χ4n) is 2.12. The standard InChI is InChI=1S/C9H18N/c1-7(2)8-6-9(8)10(3)4-5-10/h7-9H,4-6H2,1-3H3/q+1. The second-order valence-electron chi connectivity index (χ2n) is 4.64. The molecule has 1 saturated heterocycles. The largest absolute Gasteiger partial charge is 0.314 e. The van der Waals surface area contributed by atoms with Crippen molar-refractivity contribution in [1.82, 2.24) is 0 Å². The Hall–Kier alpha value is -0.0400. The lowest BCUT2D eigenvalue weighted by molar-refractivity contribution is -0.791. The predicted molar refractivity (Wildman–Crippen MR) is 42.7 cm³/mol. The van der Waals surface area contributed by atoms with Crippen molar-refractivity contribution in [3.63, 3.8) is 0 Å². The van der Waals surface area contributed by atoms with E-state index in [2.05, 4.69) is 20.9 Å². The fraction of sp³-hybridized carbons (Fsp3) is 1.00. The first-order valence-electron chi connectivity index (χ1n) is 4.48. The van der Waals surface area contributed by atoms with Crippen LogP contribution in [-0.4, -0.2) is 30.7 Å². The molecule has 10 heavy (non-hydrogen) atoms. The Morgan fingerprint density at radius 1 is 1.30 bits per heavy atom. The van der Waals surface area contributed by atoms with Crippen LogP contribution in [0.4, 0.5) is 0 Å². The molecule has 0 bridgehead atoms. The summed E-state index contributed by atoms with van der Waals surface area (Å²) in [5, 5.41) is 0. The van der Waals surface area contributed by atoms with E-state index in [1.165, 1.54) is 24.0 Å². The molecule has 1 heterocycles. The van der Waals surface area contributed by atoms with Gasteiger partial charge in [0.1, 0.15) is 13.1 Å². The molecule has 2 unspecified atom stereocenters. The van der Waals surface area contributed by atoms with Gasteiger partial charge in [-0.05, 0) is 5.92 Å². The zero-order valence-corrected chi connectivity index (χ0v) is 7.30. The molecule has 2 rings (SSSR count). The predicted octanol–water partition coefficient (Wildman–Crippen LogP) is 1.49. The second-order valence-corrected chi connectivity index (χ2v) is 4.64. The van der Waals surface area contributed by atoms with Gasteiger partial charge < -0.3 is 4.48 Å². The molecule has 0 radical (unpaired) electrons. The van der Waals surface area contributed by atoms with Gasteiger partial charge in [-0.2, -0.15) is 0 Å². The minimum Gasteiger partial charge on any atom is -0.314 e. The Bertz CT molecular complexity index is 147.